The number of halogens is 1. The lowest BCUT2D eigenvalue weighted by atomic mass is 10.2. The van der Waals surface area contributed by atoms with Gasteiger partial charge in [0.05, 0.1) is 0 Å². The summed E-state index contributed by atoms with van der Waals surface area (Å²) in [6.07, 6.45) is 3.83. The van der Waals surface area contributed by atoms with Crippen LogP contribution in [0.25, 0.3) is 6.08 Å². The maximum atomic E-state index is 12.2. The Balaban J connectivity index is 2.66. The fraction of sp³-hybridized carbons (Fsp3) is 0.375. The van der Waals surface area contributed by atoms with Gasteiger partial charge in [-0.1, -0.05) is 28.1 Å². The molecule has 1 N–H and O–H groups in total. The molecular weight excluding hydrogens is 334 g/mol. The van der Waals surface area contributed by atoms with E-state index in [0.29, 0.717) is 13.0 Å². The van der Waals surface area contributed by atoms with Gasteiger partial charge in [0.1, 0.15) is 0 Å². The van der Waals surface area contributed by atoms with Crippen molar-refractivity contribution in [2.45, 2.75) is 32.7 Å². The summed E-state index contributed by atoms with van der Waals surface area (Å²) in [6.45, 7) is 4.29. The second-order valence-electron chi connectivity index (χ2n) is 5.01. The van der Waals surface area contributed by atoms with Gasteiger partial charge in [-0.15, -0.1) is 0 Å². The summed E-state index contributed by atoms with van der Waals surface area (Å²) >= 11 is 3.38. The first-order valence-electron chi connectivity index (χ1n) is 6.86. The molecule has 0 unspecified atom stereocenters. The van der Waals surface area contributed by atoms with Crippen molar-refractivity contribution in [1.29, 1.82) is 0 Å². The van der Waals surface area contributed by atoms with E-state index in [4.69, 9.17) is 5.11 Å². The molecule has 0 radical (unpaired) electrons. The van der Waals surface area contributed by atoms with Crippen molar-refractivity contribution in [3.05, 3.63) is 40.4 Å². The van der Waals surface area contributed by atoms with Crippen molar-refractivity contribution in [2.75, 3.05) is 6.54 Å². The number of hydrogen-bond acceptors (Lipinski definition) is 2. The molecule has 1 amide bonds. The summed E-state index contributed by atoms with van der Waals surface area (Å²) in [6, 6.07) is 7.71. The monoisotopic (exact) mass is 353 g/mol. The van der Waals surface area contributed by atoms with Gasteiger partial charge in [-0.05, 0) is 44.0 Å². The Morgan fingerprint density at radius 1 is 1.38 bits per heavy atom. The standard InChI is InChI=1S/C16H20BrNO3/c1-12(2)18(10-4-7-16(20)21)15(19)9-8-13-5-3-6-14(17)11-13/h3,5-6,8-9,11-12H,4,7,10H2,1-2H3,(H,20,21)/b9-8+. The molecule has 0 aliphatic heterocycles. The van der Waals surface area contributed by atoms with E-state index in [1.807, 2.05) is 38.1 Å². The molecule has 0 fully saturated rings. The largest absolute Gasteiger partial charge is 0.481 e. The van der Waals surface area contributed by atoms with E-state index in [0.717, 1.165) is 10.0 Å². The molecule has 1 rings (SSSR count). The molecule has 0 atom stereocenters. The SMILES string of the molecule is CC(C)N(CCCC(=O)O)C(=O)/C=C/c1cccc(Br)c1. The number of hydrogen-bond donors (Lipinski definition) is 1. The van der Waals surface area contributed by atoms with Gasteiger partial charge >= 0.3 is 5.97 Å². The van der Waals surface area contributed by atoms with Crippen LogP contribution in [0.2, 0.25) is 0 Å². The average molecular weight is 354 g/mol. The smallest absolute Gasteiger partial charge is 0.303 e. The number of rotatable bonds is 7. The Labute approximate surface area is 133 Å². The van der Waals surface area contributed by atoms with Crippen LogP contribution in [-0.2, 0) is 9.59 Å². The molecule has 5 heteroatoms. The molecule has 0 heterocycles. The summed E-state index contributed by atoms with van der Waals surface area (Å²) in [5, 5.41) is 8.66. The van der Waals surface area contributed by atoms with Crippen molar-refractivity contribution in [3.63, 3.8) is 0 Å². The number of carbonyl (C=O) groups is 2. The minimum Gasteiger partial charge on any atom is -0.481 e. The molecule has 0 bridgehead atoms. The maximum absolute atomic E-state index is 12.2. The Bertz CT molecular complexity index is 526. The normalized spacial score (nSPS) is 11.0. The summed E-state index contributed by atoms with van der Waals surface area (Å²) in [4.78, 5) is 24.4. The van der Waals surface area contributed by atoms with Crippen LogP contribution in [0.15, 0.2) is 34.8 Å². The first-order valence-corrected chi connectivity index (χ1v) is 7.65. The third kappa shape index (κ3) is 6.58. The summed E-state index contributed by atoms with van der Waals surface area (Å²) in [7, 11) is 0. The summed E-state index contributed by atoms with van der Waals surface area (Å²) in [5.41, 5.74) is 0.937. The van der Waals surface area contributed by atoms with Crippen LogP contribution in [0, 0.1) is 0 Å². The maximum Gasteiger partial charge on any atom is 0.303 e. The van der Waals surface area contributed by atoms with E-state index in [2.05, 4.69) is 15.9 Å². The van der Waals surface area contributed by atoms with E-state index in [1.165, 1.54) is 6.08 Å². The van der Waals surface area contributed by atoms with Crippen LogP contribution in [-0.4, -0.2) is 34.5 Å². The van der Waals surface area contributed by atoms with Crippen LogP contribution in [0.3, 0.4) is 0 Å². The summed E-state index contributed by atoms with van der Waals surface area (Å²) < 4.78 is 0.958. The average Bonchev–Trinajstić information content (AvgIpc) is 2.40. The number of carboxylic acids is 1. The molecule has 0 saturated heterocycles. The van der Waals surface area contributed by atoms with Gasteiger partial charge in [0.25, 0.3) is 0 Å². The molecule has 1 aromatic rings. The first kappa shape index (κ1) is 17.4. The van der Waals surface area contributed by atoms with Crippen LogP contribution in [0.5, 0.6) is 0 Å². The third-order valence-electron chi connectivity index (χ3n) is 2.96. The number of aliphatic carboxylic acids is 1. The van der Waals surface area contributed by atoms with Crippen molar-refractivity contribution in [1.82, 2.24) is 4.90 Å². The van der Waals surface area contributed by atoms with E-state index in [9.17, 15) is 9.59 Å². The Morgan fingerprint density at radius 2 is 2.10 bits per heavy atom. The Kier molecular flexibility index (Phi) is 7.15. The molecule has 0 spiro atoms. The molecule has 114 valence electrons. The van der Waals surface area contributed by atoms with Gasteiger partial charge in [-0.25, -0.2) is 0 Å². The predicted molar refractivity (Wildman–Crippen MR) is 86.9 cm³/mol. The van der Waals surface area contributed by atoms with Gasteiger partial charge in [0, 0.05) is 29.6 Å². The Hall–Kier alpha value is -1.62. The lowest BCUT2D eigenvalue weighted by Gasteiger charge is -2.25. The molecule has 0 aliphatic carbocycles. The molecule has 0 aromatic heterocycles. The summed E-state index contributed by atoms with van der Waals surface area (Å²) in [5.74, 6) is -0.939. The van der Waals surface area contributed by atoms with Gasteiger partial charge in [-0.2, -0.15) is 0 Å². The highest BCUT2D eigenvalue weighted by Gasteiger charge is 2.14. The van der Waals surface area contributed by atoms with E-state index < -0.39 is 5.97 Å². The van der Waals surface area contributed by atoms with Crippen LogP contribution in [0.1, 0.15) is 32.3 Å². The number of carbonyl (C=O) groups excluding carboxylic acids is 1. The topological polar surface area (TPSA) is 57.6 Å². The molecule has 0 saturated carbocycles. The van der Waals surface area contributed by atoms with E-state index in [-0.39, 0.29) is 18.4 Å². The third-order valence-corrected chi connectivity index (χ3v) is 3.46. The number of nitrogens with zero attached hydrogens (tertiary/aromatic N) is 1. The van der Waals surface area contributed by atoms with Crippen LogP contribution < -0.4 is 0 Å². The quantitative estimate of drug-likeness (QED) is 0.762. The lowest BCUT2D eigenvalue weighted by Crippen LogP contribution is -2.36. The lowest BCUT2D eigenvalue weighted by molar-refractivity contribution is -0.138. The van der Waals surface area contributed by atoms with Gasteiger partial charge in [0.15, 0.2) is 0 Å². The fourth-order valence-electron chi connectivity index (χ4n) is 1.90. The number of benzene rings is 1. The first-order chi connectivity index (χ1) is 9.90. The second-order valence-corrected chi connectivity index (χ2v) is 5.93. The van der Waals surface area contributed by atoms with Crippen molar-refractivity contribution in [3.8, 4) is 0 Å². The minimum atomic E-state index is -0.837. The van der Waals surface area contributed by atoms with Gasteiger partial charge in [0.2, 0.25) is 5.91 Å². The highest BCUT2D eigenvalue weighted by molar-refractivity contribution is 9.10. The number of carboxylic acid groups (broad SMARTS) is 1. The van der Waals surface area contributed by atoms with Crippen LogP contribution >= 0.6 is 15.9 Å². The zero-order chi connectivity index (χ0) is 15.8. The molecular formula is C16H20BrNO3. The highest BCUT2D eigenvalue weighted by atomic mass is 79.9. The van der Waals surface area contributed by atoms with Crippen LogP contribution in [0.4, 0.5) is 0 Å². The molecule has 1 aromatic carbocycles. The van der Waals surface area contributed by atoms with Crippen molar-refractivity contribution >= 4 is 33.9 Å². The van der Waals surface area contributed by atoms with E-state index in [1.54, 1.807) is 11.0 Å². The van der Waals surface area contributed by atoms with Crippen molar-refractivity contribution in [2.24, 2.45) is 0 Å². The van der Waals surface area contributed by atoms with E-state index >= 15 is 0 Å². The second kappa shape index (κ2) is 8.62. The highest BCUT2D eigenvalue weighted by Crippen LogP contribution is 2.13. The zero-order valence-electron chi connectivity index (χ0n) is 12.3. The van der Waals surface area contributed by atoms with Gasteiger partial charge < -0.3 is 10.0 Å². The molecule has 4 nitrogen and oxygen atoms in total. The predicted octanol–water partition coefficient (Wildman–Crippen LogP) is 3.56. The van der Waals surface area contributed by atoms with Crippen molar-refractivity contribution < 1.29 is 14.7 Å². The number of amides is 1. The molecule has 0 aliphatic rings. The Morgan fingerprint density at radius 3 is 2.67 bits per heavy atom. The van der Waals surface area contributed by atoms with Gasteiger partial charge in [-0.3, -0.25) is 9.59 Å². The minimum absolute atomic E-state index is 0.0402. The zero-order valence-corrected chi connectivity index (χ0v) is 13.8. The molecule has 21 heavy (non-hydrogen) atoms. The fourth-order valence-corrected chi connectivity index (χ4v) is 2.31.